The maximum absolute atomic E-state index is 12.0. The van der Waals surface area contributed by atoms with E-state index in [1.807, 2.05) is 36.4 Å². The standard InChI is InChI=1S/C16H17N3OS.2ClH/c20-16(15-10-21-11-18-15)19-14-3-1-12(2-4-14)9-13-5-7-17-8-6-13;;/h1-8,15,18H,9-11H2,(H,19,20);2*1H. The molecule has 2 N–H and O–H groups in total. The number of amides is 1. The Bertz CT molecular complexity index is 604. The van der Waals surface area contributed by atoms with Gasteiger partial charge in [0.2, 0.25) is 5.91 Å². The summed E-state index contributed by atoms with van der Waals surface area (Å²) in [6.45, 7) is 0. The fourth-order valence-electron chi connectivity index (χ4n) is 2.24. The van der Waals surface area contributed by atoms with Gasteiger partial charge in [-0.25, -0.2) is 0 Å². The average Bonchev–Trinajstić information content (AvgIpc) is 3.05. The normalized spacial score (nSPS) is 16.1. The second kappa shape index (κ2) is 9.78. The van der Waals surface area contributed by atoms with Crippen molar-refractivity contribution in [3.63, 3.8) is 0 Å². The number of rotatable bonds is 4. The molecule has 1 unspecified atom stereocenters. The molecule has 4 nitrogen and oxygen atoms in total. The second-order valence-corrected chi connectivity index (χ2v) is 6.02. The van der Waals surface area contributed by atoms with Gasteiger partial charge in [-0.05, 0) is 41.8 Å². The minimum atomic E-state index is -0.0773. The van der Waals surface area contributed by atoms with E-state index in [1.54, 1.807) is 24.2 Å². The molecule has 1 aliphatic heterocycles. The third-order valence-electron chi connectivity index (χ3n) is 3.41. The summed E-state index contributed by atoms with van der Waals surface area (Å²) >= 11 is 1.75. The molecule has 124 valence electrons. The molecule has 1 aromatic carbocycles. The van der Waals surface area contributed by atoms with Crippen molar-refractivity contribution in [3.8, 4) is 0 Å². The van der Waals surface area contributed by atoms with Crippen molar-refractivity contribution in [3.05, 3.63) is 59.9 Å². The first-order valence-electron chi connectivity index (χ1n) is 6.91. The molecular weight excluding hydrogens is 353 g/mol. The van der Waals surface area contributed by atoms with Gasteiger partial charge >= 0.3 is 0 Å². The molecule has 0 bridgehead atoms. The highest BCUT2D eigenvalue weighted by Crippen LogP contribution is 2.15. The molecule has 1 aliphatic rings. The monoisotopic (exact) mass is 371 g/mol. The van der Waals surface area contributed by atoms with E-state index in [0.717, 1.165) is 23.7 Å². The third kappa shape index (κ3) is 5.70. The lowest BCUT2D eigenvalue weighted by atomic mass is 10.1. The van der Waals surface area contributed by atoms with Gasteiger partial charge in [0, 0.05) is 29.7 Å². The summed E-state index contributed by atoms with van der Waals surface area (Å²) in [6.07, 6.45) is 4.48. The van der Waals surface area contributed by atoms with Crippen LogP contribution in [0, 0.1) is 0 Å². The Morgan fingerprint density at radius 2 is 1.78 bits per heavy atom. The first kappa shape index (κ1) is 19.8. The summed E-state index contributed by atoms with van der Waals surface area (Å²) in [4.78, 5) is 16.0. The van der Waals surface area contributed by atoms with Crippen molar-refractivity contribution in [2.45, 2.75) is 12.5 Å². The Kier molecular flexibility index (Phi) is 8.41. The molecule has 7 heteroatoms. The van der Waals surface area contributed by atoms with Crippen LogP contribution in [-0.2, 0) is 11.2 Å². The zero-order valence-corrected chi connectivity index (χ0v) is 14.8. The largest absolute Gasteiger partial charge is 0.325 e. The minimum Gasteiger partial charge on any atom is -0.325 e. The molecule has 0 radical (unpaired) electrons. The lowest BCUT2D eigenvalue weighted by Gasteiger charge is -2.11. The number of carbonyl (C=O) groups is 1. The molecule has 1 amide bonds. The predicted octanol–water partition coefficient (Wildman–Crippen LogP) is 3.12. The number of halogens is 2. The number of aromatic nitrogens is 1. The summed E-state index contributed by atoms with van der Waals surface area (Å²) in [6, 6.07) is 12.0. The summed E-state index contributed by atoms with van der Waals surface area (Å²) in [5.41, 5.74) is 3.29. The molecule has 0 aliphatic carbocycles. The van der Waals surface area contributed by atoms with E-state index < -0.39 is 0 Å². The van der Waals surface area contributed by atoms with E-state index >= 15 is 0 Å². The number of nitrogens with zero attached hydrogens (tertiary/aromatic N) is 1. The third-order valence-corrected chi connectivity index (χ3v) is 4.35. The summed E-state index contributed by atoms with van der Waals surface area (Å²) in [7, 11) is 0. The Hall–Kier alpha value is -1.27. The van der Waals surface area contributed by atoms with E-state index in [9.17, 15) is 4.79 Å². The SMILES string of the molecule is Cl.Cl.O=C(Nc1ccc(Cc2ccncc2)cc1)C1CSCN1. The highest BCUT2D eigenvalue weighted by atomic mass is 35.5. The fraction of sp³-hybridized carbons (Fsp3) is 0.250. The van der Waals surface area contributed by atoms with Gasteiger partial charge in [-0.15, -0.1) is 36.6 Å². The second-order valence-electron chi connectivity index (χ2n) is 4.99. The van der Waals surface area contributed by atoms with Gasteiger partial charge < -0.3 is 5.32 Å². The van der Waals surface area contributed by atoms with Gasteiger partial charge in [0.15, 0.2) is 0 Å². The van der Waals surface area contributed by atoms with Gasteiger partial charge in [-0.2, -0.15) is 0 Å². The highest BCUT2D eigenvalue weighted by Gasteiger charge is 2.22. The van der Waals surface area contributed by atoms with Crippen molar-refractivity contribution in [1.82, 2.24) is 10.3 Å². The van der Waals surface area contributed by atoms with E-state index in [0.29, 0.717) is 0 Å². The molecule has 1 fully saturated rings. The number of thioether (sulfide) groups is 1. The van der Waals surface area contributed by atoms with Crippen LogP contribution in [0.1, 0.15) is 11.1 Å². The van der Waals surface area contributed by atoms with Crippen molar-refractivity contribution < 1.29 is 4.79 Å². The van der Waals surface area contributed by atoms with E-state index in [4.69, 9.17) is 0 Å². The molecule has 2 aromatic rings. The summed E-state index contributed by atoms with van der Waals surface area (Å²) in [5, 5.41) is 6.12. The lowest BCUT2D eigenvalue weighted by molar-refractivity contribution is -0.117. The molecule has 1 saturated heterocycles. The Balaban J connectivity index is 0.00000132. The van der Waals surface area contributed by atoms with Crippen molar-refractivity contribution in [1.29, 1.82) is 0 Å². The molecule has 3 rings (SSSR count). The van der Waals surface area contributed by atoms with Gasteiger partial charge in [0.1, 0.15) is 0 Å². The Morgan fingerprint density at radius 3 is 2.39 bits per heavy atom. The number of carbonyl (C=O) groups excluding carboxylic acids is 1. The van der Waals surface area contributed by atoms with Gasteiger partial charge in [0.05, 0.1) is 6.04 Å². The van der Waals surface area contributed by atoms with E-state index in [-0.39, 0.29) is 36.8 Å². The van der Waals surface area contributed by atoms with E-state index in [2.05, 4.69) is 15.6 Å². The van der Waals surface area contributed by atoms with Crippen LogP contribution in [0.5, 0.6) is 0 Å². The molecule has 1 atom stereocenters. The lowest BCUT2D eigenvalue weighted by Crippen LogP contribution is -2.37. The first-order valence-corrected chi connectivity index (χ1v) is 8.06. The maximum Gasteiger partial charge on any atom is 0.242 e. The van der Waals surface area contributed by atoms with Gasteiger partial charge in [0.25, 0.3) is 0 Å². The van der Waals surface area contributed by atoms with Crippen LogP contribution in [0.2, 0.25) is 0 Å². The zero-order valence-electron chi connectivity index (χ0n) is 12.4. The topological polar surface area (TPSA) is 54.0 Å². The van der Waals surface area contributed by atoms with Crippen LogP contribution in [0.3, 0.4) is 0 Å². The summed E-state index contributed by atoms with van der Waals surface area (Å²) in [5.74, 6) is 1.73. The van der Waals surface area contributed by atoms with Gasteiger partial charge in [-0.3, -0.25) is 15.1 Å². The number of anilines is 1. The smallest absolute Gasteiger partial charge is 0.242 e. The minimum absolute atomic E-state index is 0. The molecule has 0 spiro atoms. The van der Waals surface area contributed by atoms with Gasteiger partial charge in [-0.1, -0.05) is 12.1 Å². The van der Waals surface area contributed by atoms with Crippen molar-refractivity contribution in [2.24, 2.45) is 0 Å². The number of hydrogen-bond donors (Lipinski definition) is 2. The quantitative estimate of drug-likeness (QED) is 0.866. The molecule has 1 aromatic heterocycles. The number of pyridine rings is 1. The predicted molar refractivity (Wildman–Crippen MR) is 101 cm³/mol. The number of nitrogens with one attached hydrogen (secondary N) is 2. The molecular formula is C16H19Cl2N3OS. The Morgan fingerprint density at radius 1 is 1.13 bits per heavy atom. The highest BCUT2D eigenvalue weighted by molar-refractivity contribution is 7.99. The van der Waals surface area contributed by atoms with Crippen LogP contribution in [0.15, 0.2) is 48.8 Å². The fourth-order valence-corrected chi connectivity index (χ4v) is 3.18. The zero-order chi connectivity index (χ0) is 14.5. The van der Waals surface area contributed by atoms with Crippen LogP contribution in [0.25, 0.3) is 0 Å². The number of hydrogen-bond acceptors (Lipinski definition) is 4. The first-order chi connectivity index (χ1) is 10.3. The van der Waals surface area contributed by atoms with E-state index in [1.165, 1.54) is 11.1 Å². The van der Waals surface area contributed by atoms with Crippen LogP contribution in [-0.4, -0.2) is 28.6 Å². The number of benzene rings is 1. The average molecular weight is 372 g/mol. The van der Waals surface area contributed by atoms with Crippen molar-refractivity contribution >= 4 is 48.2 Å². The molecule has 0 saturated carbocycles. The Labute approximate surface area is 152 Å². The maximum atomic E-state index is 12.0. The van der Waals surface area contributed by atoms with Crippen LogP contribution < -0.4 is 10.6 Å². The van der Waals surface area contributed by atoms with Crippen LogP contribution in [0.4, 0.5) is 5.69 Å². The van der Waals surface area contributed by atoms with Crippen LogP contribution >= 0.6 is 36.6 Å². The molecule has 23 heavy (non-hydrogen) atoms. The summed E-state index contributed by atoms with van der Waals surface area (Å²) < 4.78 is 0. The molecule has 2 heterocycles. The van der Waals surface area contributed by atoms with Crippen molar-refractivity contribution in [2.75, 3.05) is 16.9 Å².